The van der Waals surface area contributed by atoms with Gasteiger partial charge in [-0.25, -0.2) is 8.78 Å². The average molecular weight is 286 g/mol. The molecule has 0 fully saturated rings. The lowest BCUT2D eigenvalue weighted by Gasteiger charge is -2.02. The van der Waals surface area contributed by atoms with Crippen molar-refractivity contribution in [3.63, 3.8) is 0 Å². The molecular formula is C17H16F2N2. The highest BCUT2D eigenvalue weighted by molar-refractivity contribution is 5.82. The summed E-state index contributed by atoms with van der Waals surface area (Å²) in [6.07, 6.45) is 3.24. The zero-order valence-corrected chi connectivity index (χ0v) is 12.0. The van der Waals surface area contributed by atoms with Crippen molar-refractivity contribution >= 4 is 12.4 Å². The first kappa shape index (κ1) is 15.0. The molecule has 0 spiro atoms. The topological polar surface area (TPSA) is 24.7 Å². The number of aryl methyl sites for hydroxylation is 1. The quantitative estimate of drug-likeness (QED) is 0.592. The third kappa shape index (κ3) is 4.05. The van der Waals surface area contributed by atoms with Crippen LogP contribution in [0.2, 0.25) is 0 Å². The highest BCUT2D eigenvalue weighted by atomic mass is 19.1. The van der Waals surface area contributed by atoms with Crippen molar-refractivity contribution in [1.82, 2.24) is 0 Å². The van der Waals surface area contributed by atoms with Crippen LogP contribution in [0.4, 0.5) is 8.78 Å². The summed E-state index contributed by atoms with van der Waals surface area (Å²) < 4.78 is 27.2. The zero-order valence-electron chi connectivity index (χ0n) is 12.0. The van der Waals surface area contributed by atoms with E-state index < -0.39 is 11.6 Å². The van der Waals surface area contributed by atoms with Gasteiger partial charge in [0.05, 0.1) is 12.4 Å². The van der Waals surface area contributed by atoms with Gasteiger partial charge in [-0.2, -0.15) is 10.2 Å². The Morgan fingerprint density at radius 3 is 1.95 bits per heavy atom. The number of benzene rings is 2. The van der Waals surface area contributed by atoms with Gasteiger partial charge in [0.2, 0.25) is 0 Å². The van der Waals surface area contributed by atoms with Crippen LogP contribution in [0.15, 0.2) is 46.6 Å². The van der Waals surface area contributed by atoms with Crippen LogP contribution in [0, 0.1) is 18.6 Å². The lowest BCUT2D eigenvalue weighted by atomic mass is 10.1. The maximum absolute atomic E-state index is 13.6. The predicted octanol–water partition coefficient (Wildman–Crippen LogP) is 4.29. The normalized spacial score (nSPS) is 11.6. The van der Waals surface area contributed by atoms with E-state index >= 15 is 0 Å². The molecule has 0 radical (unpaired) electrons. The van der Waals surface area contributed by atoms with E-state index in [0.29, 0.717) is 12.0 Å². The molecule has 0 aromatic heterocycles. The standard InChI is InChI=1S/C17H16F2N2/c1-3-15-16(18)8-14(9-17(15)19)11-21-20-10-13-6-4-12(2)5-7-13/h4-11H,3H2,1-2H3/b20-10+,21-11+. The molecule has 0 amide bonds. The largest absolute Gasteiger partial charge is 0.207 e. The van der Waals surface area contributed by atoms with Gasteiger partial charge in [-0.3, -0.25) is 0 Å². The molecule has 0 N–H and O–H groups in total. The second-order valence-electron chi connectivity index (χ2n) is 4.72. The fourth-order valence-electron chi connectivity index (χ4n) is 1.89. The SMILES string of the molecule is CCc1c(F)cc(/C=N/N=C/c2ccc(C)cc2)cc1F. The summed E-state index contributed by atoms with van der Waals surface area (Å²) in [5.41, 5.74) is 2.52. The maximum atomic E-state index is 13.6. The first-order valence-electron chi connectivity index (χ1n) is 6.71. The van der Waals surface area contributed by atoms with Gasteiger partial charge in [-0.1, -0.05) is 36.8 Å². The van der Waals surface area contributed by atoms with Gasteiger partial charge in [0.25, 0.3) is 0 Å². The van der Waals surface area contributed by atoms with Crippen LogP contribution in [-0.4, -0.2) is 12.4 Å². The lowest BCUT2D eigenvalue weighted by molar-refractivity contribution is 0.558. The van der Waals surface area contributed by atoms with E-state index in [1.807, 2.05) is 31.2 Å². The van der Waals surface area contributed by atoms with Gasteiger partial charge in [0, 0.05) is 11.1 Å². The Labute approximate surface area is 122 Å². The third-order valence-electron chi connectivity index (χ3n) is 3.07. The van der Waals surface area contributed by atoms with Crippen molar-refractivity contribution in [3.8, 4) is 0 Å². The molecule has 21 heavy (non-hydrogen) atoms. The molecule has 2 nitrogen and oxygen atoms in total. The Morgan fingerprint density at radius 2 is 1.43 bits per heavy atom. The Hall–Kier alpha value is -2.36. The van der Waals surface area contributed by atoms with Crippen molar-refractivity contribution in [2.75, 3.05) is 0 Å². The summed E-state index contributed by atoms with van der Waals surface area (Å²) in [6, 6.07) is 10.3. The summed E-state index contributed by atoms with van der Waals surface area (Å²) in [5, 5.41) is 7.68. The van der Waals surface area contributed by atoms with Crippen LogP contribution in [-0.2, 0) is 6.42 Å². The molecule has 2 aromatic rings. The Kier molecular flexibility index (Phi) is 4.93. The number of nitrogens with zero attached hydrogens (tertiary/aromatic N) is 2. The van der Waals surface area contributed by atoms with E-state index in [1.165, 1.54) is 18.3 Å². The van der Waals surface area contributed by atoms with Crippen LogP contribution in [0.5, 0.6) is 0 Å². The van der Waals surface area contributed by atoms with Gasteiger partial charge in [0.1, 0.15) is 11.6 Å². The lowest BCUT2D eigenvalue weighted by Crippen LogP contribution is -1.96. The third-order valence-corrected chi connectivity index (χ3v) is 3.07. The molecule has 108 valence electrons. The molecule has 0 saturated heterocycles. The zero-order chi connectivity index (χ0) is 15.2. The smallest absolute Gasteiger partial charge is 0.129 e. The van der Waals surface area contributed by atoms with Gasteiger partial charge in [0.15, 0.2) is 0 Å². The van der Waals surface area contributed by atoms with Crippen LogP contribution in [0.1, 0.15) is 29.2 Å². The fraction of sp³-hybridized carbons (Fsp3) is 0.176. The summed E-state index contributed by atoms with van der Waals surface area (Å²) >= 11 is 0. The van der Waals surface area contributed by atoms with E-state index in [4.69, 9.17) is 0 Å². The van der Waals surface area contributed by atoms with E-state index in [9.17, 15) is 8.78 Å². The van der Waals surface area contributed by atoms with E-state index in [1.54, 1.807) is 13.1 Å². The summed E-state index contributed by atoms with van der Waals surface area (Å²) in [7, 11) is 0. The maximum Gasteiger partial charge on any atom is 0.129 e. The second kappa shape index (κ2) is 6.88. The molecule has 0 bridgehead atoms. The van der Waals surface area contributed by atoms with Gasteiger partial charge in [-0.05, 0) is 31.0 Å². The van der Waals surface area contributed by atoms with Gasteiger partial charge < -0.3 is 0 Å². The predicted molar refractivity (Wildman–Crippen MR) is 82.1 cm³/mol. The van der Waals surface area contributed by atoms with Crippen molar-refractivity contribution in [2.45, 2.75) is 20.3 Å². The highest BCUT2D eigenvalue weighted by Crippen LogP contribution is 2.15. The fourth-order valence-corrected chi connectivity index (χ4v) is 1.89. The highest BCUT2D eigenvalue weighted by Gasteiger charge is 2.07. The Bertz CT molecular complexity index is 651. The second-order valence-corrected chi connectivity index (χ2v) is 4.72. The number of rotatable bonds is 4. The molecule has 0 heterocycles. The average Bonchev–Trinajstić information content (AvgIpc) is 2.45. The number of halogens is 2. The molecule has 0 saturated carbocycles. The molecule has 0 aliphatic heterocycles. The van der Waals surface area contributed by atoms with Crippen molar-refractivity contribution in [2.24, 2.45) is 10.2 Å². The molecule has 2 rings (SSSR count). The minimum atomic E-state index is -0.554. The summed E-state index contributed by atoms with van der Waals surface area (Å²) in [6.45, 7) is 3.71. The minimum Gasteiger partial charge on any atom is -0.207 e. The van der Waals surface area contributed by atoms with E-state index in [2.05, 4.69) is 10.2 Å². The van der Waals surface area contributed by atoms with Crippen molar-refractivity contribution < 1.29 is 8.78 Å². The molecule has 0 aliphatic rings. The van der Waals surface area contributed by atoms with Crippen molar-refractivity contribution in [3.05, 3.63) is 70.3 Å². The molecule has 0 unspecified atom stereocenters. The Morgan fingerprint density at radius 1 is 0.905 bits per heavy atom. The van der Waals surface area contributed by atoms with Crippen molar-refractivity contribution in [1.29, 1.82) is 0 Å². The van der Waals surface area contributed by atoms with Gasteiger partial charge in [-0.15, -0.1) is 0 Å². The number of hydrogen-bond donors (Lipinski definition) is 0. The monoisotopic (exact) mass is 286 g/mol. The first-order chi connectivity index (χ1) is 10.1. The molecule has 4 heteroatoms. The van der Waals surface area contributed by atoms with Crippen LogP contribution < -0.4 is 0 Å². The Balaban J connectivity index is 2.09. The summed E-state index contributed by atoms with van der Waals surface area (Å²) in [5.74, 6) is -1.11. The van der Waals surface area contributed by atoms with E-state index in [0.717, 1.165) is 11.1 Å². The molecule has 2 aromatic carbocycles. The molecular weight excluding hydrogens is 270 g/mol. The van der Waals surface area contributed by atoms with Crippen LogP contribution in [0.3, 0.4) is 0 Å². The minimum absolute atomic E-state index is 0.0929. The molecule has 0 aliphatic carbocycles. The van der Waals surface area contributed by atoms with Crippen LogP contribution >= 0.6 is 0 Å². The van der Waals surface area contributed by atoms with Gasteiger partial charge >= 0.3 is 0 Å². The first-order valence-corrected chi connectivity index (χ1v) is 6.71. The van der Waals surface area contributed by atoms with Crippen LogP contribution in [0.25, 0.3) is 0 Å². The number of hydrogen-bond acceptors (Lipinski definition) is 2. The molecule has 0 atom stereocenters. The summed E-state index contributed by atoms with van der Waals surface area (Å²) in [4.78, 5) is 0. The van der Waals surface area contributed by atoms with E-state index in [-0.39, 0.29) is 5.56 Å².